The van der Waals surface area contributed by atoms with Crippen LogP contribution in [0.1, 0.15) is 0 Å². The fourth-order valence-electron chi connectivity index (χ4n) is 0.862. The van der Waals surface area contributed by atoms with Gasteiger partial charge in [-0.25, -0.2) is 0 Å². The van der Waals surface area contributed by atoms with Crippen molar-refractivity contribution < 1.29 is 13.3 Å². The van der Waals surface area contributed by atoms with Crippen LogP contribution in [0.3, 0.4) is 0 Å². The molecule has 0 aromatic heterocycles. The second-order valence-electron chi connectivity index (χ2n) is 2.05. The third-order valence-electron chi connectivity index (χ3n) is 1.49. The van der Waals surface area contributed by atoms with Crippen molar-refractivity contribution >= 4 is 19.0 Å². The molecule has 3 nitrogen and oxygen atoms in total. The maximum atomic E-state index is 5.19. The zero-order valence-electron chi connectivity index (χ0n) is 7.14. The molecule has 0 rings (SSSR count). The van der Waals surface area contributed by atoms with Gasteiger partial charge in [0.15, 0.2) is 0 Å². The van der Waals surface area contributed by atoms with E-state index in [-0.39, 0.29) is 0 Å². The van der Waals surface area contributed by atoms with Gasteiger partial charge < -0.3 is 13.3 Å². The Morgan fingerprint density at radius 3 is 1.60 bits per heavy atom. The molecule has 0 bridgehead atoms. The lowest BCUT2D eigenvalue weighted by Gasteiger charge is -2.23. The monoisotopic (exact) mass is 180 g/mol. The Morgan fingerprint density at radius 2 is 1.50 bits per heavy atom. The zero-order chi connectivity index (χ0) is 8.04. The molecule has 62 valence electrons. The first-order valence-corrected chi connectivity index (χ1v) is 6.74. The zero-order valence-corrected chi connectivity index (χ0v) is 10.1. The van der Waals surface area contributed by atoms with Gasteiger partial charge in [-0.3, -0.25) is 0 Å². The highest BCUT2D eigenvalue weighted by Gasteiger charge is 2.35. The Kier molecular flexibility index (Phi) is 5.19. The van der Waals surface area contributed by atoms with E-state index in [1.165, 1.54) is 16.3 Å². The maximum absolute atomic E-state index is 5.19. The molecular formula is C5H16O3Si2. The van der Waals surface area contributed by atoms with Crippen molar-refractivity contribution in [3.05, 3.63) is 0 Å². The molecule has 0 aliphatic carbocycles. The van der Waals surface area contributed by atoms with Gasteiger partial charge in [-0.15, -0.1) is 0 Å². The summed E-state index contributed by atoms with van der Waals surface area (Å²) in [5.41, 5.74) is 0. The normalized spacial score (nSPS) is 12.3. The van der Waals surface area contributed by atoms with E-state index in [4.69, 9.17) is 13.3 Å². The van der Waals surface area contributed by atoms with Crippen molar-refractivity contribution in [2.75, 3.05) is 21.3 Å². The predicted molar refractivity (Wildman–Crippen MR) is 46.3 cm³/mol. The van der Waals surface area contributed by atoms with Crippen LogP contribution in [0.25, 0.3) is 0 Å². The summed E-state index contributed by atoms with van der Waals surface area (Å²) in [5, 5.41) is 0. The molecule has 0 spiro atoms. The van der Waals surface area contributed by atoms with E-state index in [0.29, 0.717) is 0 Å². The smallest absolute Gasteiger partial charge is 0.377 e. The van der Waals surface area contributed by atoms with E-state index in [9.17, 15) is 0 Å². The molecular weight excluding hydrogens is 164 g/mol. The first kappa shape index (κ1) is 10.3. The van der Waals surface area contributed by atoms with Gasteiger partial charge in [-0.2, -0.15) is 0 Å². The van der Waals surface area contributed by atoms with Crippen LogP contribution in [0.5, 0.6) is 0 Å². The lowest BCUT2D eigenvalue weighted by molar-refractivity contribution is 0.125. The SMILES string of the molecule is CO[Si](CC[SiH3])(OC)OC. The van der Waals surface area contributed by atoms with Crippen LogP contribution < -0.4 is 0 Å². The third kappa shape index (κ3) is 2.51. The molecule has 0 saturated heterocycles. The summed E-state index contributed by atoms with van der Waals surface area (Å²) in [6, 6.07) is 2.12. The van der Waals surface area contributed by atoms with Crippen molar-refractivity contribution in [3.8, 4) is 0 Å². The minimum absolute atomic E-state index is 0.947. The Hall–Kier alpha value is 0.314. The Labute approximate surface area is 66.5 Å². The van der Waals surface area contributed by atoms with Gasteiger partial charge in [0.05, 0.1) is 0 Å². The van der Waals surface area contributed by atoms with Crippen molar-refractivity contribution in [1.29, 1.82) is 0 Å². The van der Waals surface area contributed by atoms with Gasteiger partial charge in [0, 0.05) is 37.6 Å². The van der Waals surface area contributed by atoms with Gasteiger partial charge in [0.1, 0.15) is 0 Å². The van der Waals surface area contributed by atoms with Crippen molar-refractivity contribution in [2.24, 2.45) is 0 Å². The van der Waals surface area contributed by atoms with Crippen LogP contribution in [-0.4, -0.2) is 40.4 Å². The largest absolute Gasteiger partial charge is 0.499 e. The molecule has 10 heavy (non-hydrogen) atoms. The van der Waals surface area contributed by atoms with Crippen molar-refractivity contribution in [2.45, 2.75) is 12.1 Å². The lowest BCUT2D eigenvalue weighted by atomic mass is 11.0. The van der Waals surface area contributed by atoms with Gasteiger partial charge in [0.25, 0.3) is 0 Å². The highest BCUT2D eigenvalue weighted by molar-refractivity contribution is 6.61. The molecule has 0 atom stereocenters. The highest BCUT2D eigenvalue weighted by atomic mass is 28.4. The molecule has 0 amide bonds. The van der Waals surface area contributed by atoms with Crippen molar-refractivity contribution in [3.63, 3.8) is 0 Å². The summed E-state index contributed by atoms with van der Waals surface area (Å²) in [4.78, 5) is 0. The van der Waals surface area contributed by atoms with E-state index >= 15 is 0 Å². The van der Waals surface area contributed by atoms with Gasteiger partial charge in [-0.05, 0) is 0 Å². The molecule has 5 heteroatoms. The first-order chi connectivity index (χ1) is 4.74. The molecule has 0 saturated carbocycles. The fraction of sp³-hybridized carbons (Fsp3) is 1.00. The molecule has 0 unspecified atom stereocenters. The number of hydrogen-bond acceptors (Lipinski definition) is 3. The summed E-state index contributed by atoms with van der Waals surface area (Å²) in [5.74, 6) is 0. The van der Waals surface area contributed by atoms with Crippen LogP contribution in [0.4, 0.5) is 0 Å². The topological polar surface area (TPSA) is 27.7 Å². The second-order valence-corrected chi connectivity index (χ2v) is 6.14. The van der Waals surface area contributed by atoms with E-state index in [1.807, 2.05) is 0 Å². The highest BCUT2D eigenvalue weighted by Crippen LogP contribution is 2.13. The van der Waals surface area contributed by atoms with E-state index < -0.39 is 8.80 Å². The molecule has 0 radical (unpaired) electrons. The molecule has 0 aliphatic rings. The van der Waals surface area contributed by atoms with Crippen LogP contribution >= 0.6 is 0 Å². The summed E-state index contributed by atoms with van der Waals surface area (Å²) >= 11 is 0. The van der Waals surface area contributed by atoms with Crippen LogP contribution in [0.2, 0.25) is 12.1 Å². The predicted octanol–water partition coefficient (Wildman–Crippen LogP) is -0.352. The van der Waals surface area contributed by atoms with Crippen LogP contribution in [-0.2, 0) is 13.3 Å². The summed E-state index contributed by atoms with van der Waals surface area (Å²) in [6.07, 6.45) is 0. The molecule has 0 N–H and O–H groups in total. The molecule has 0 aromatic carbocycles. The summed E-state index contributed by atoms with van der Waals surface area (Å²) in [6.45, 7) is 0. The first-order valence-electron chi connectivity index (χ1n) is 3.40. The maximum Gasteiger partial charge on any atom is 0.499 e. The van der Waals surface area contributed by atoms with E-state index in [0.717, 1.165) is 6.04 Å². The van der Waals surface area contributed by atoms with Crippen molar-refractivity contribution in [1.82, 2.24) is 0 Å². The Bertz CT molecular complexity index is 76.7. The summed E-state index contributed by atoms with van der Waals surface area (Å²) in [7, 11) is 3.94. The van der Waals surface area contributed by atoms with E-state index in [1.54, 1.807) is 21.3 Å². The van der Waals surface area contributed by atoms with Gasteiger partial charge in [0.2, 0.25) is 0 Å². The molecule has 0 fully saturated rings. The van der Waals surface area contributed by atoms with E-state index in [2.05, 4.69) is 0 Å². The second kappa shape index (κ2) is 5.03. The molecule has 0 aliphatic heterocycles. The van der Waals surface area contributed by atoms with Gasteiger partial charge >= 0.3 is 8.80 Å². The minimum atomic E-state index is -2.18. The Balaban J connectivity index is 3.87. The number of rotatable bonds is 5. The minimum Gasteiger partial charge on any atom is -0.377 e. The standard InChI is InChI=1S/C5H16O3Si2/c1-6-10(7-2,8-3)5-4-9/h4-5H2,1-3,9H3. The van der Waals surface area contributed by atoms with Gasteiger partial charge in [-0.1, -0.05) is 6.04 Å². The Morgan fingerprint density at radius 1 is 1.10 bits per heavy atom. The summed E-state index contributed by atoms with van der Waals surface area (Å²) < 4.78 is 15.6. The lowest BCUT2D eigenvalue weighted by Crippen LogP contribution is -2.42. The molecule has 0 heterocycles. The fourth-order valence-corrected chi connectivity index (χ4v) is 4.42. The van der Waals surface area contributed by atoms with Crippen LogP contribution in [0, 0.1) is 0 Å². The average molecular weight is 180 g/mol. The quantitative estimate of drug-likeness (QED) is 0.541. The van der Waals surface area contributed by atoms with Crippen LogP contribution in [0.15, 0.2) is 0 Å². The number of hydrogen-bond donors (Lipinski definition) is 0. The third-order valence-corrected chi connectivity index (χ3v) is 5.97. The average Bonchev–Trinajstić information content (AvgIpc) is 2.01. The molecule has 0 aromatic rings.